The smallest absolute Gasteiger partial charge is 0.508 e. The van der Waals surface area contributed by atoms with Crippen LogP contribution in [0.2, 0.25) is 0 Å². The number of alkyl halides is 3. The second-order valence-electron chi connectivity index (χ2n) is 10.6. The van der Waals surface area contributed by atoms with Gasteiger partial charge in [-0.25, -0.2) is 0 Å². The van der Waals surface area contributed by atoms with Crippen molar-refractivity contribution in [2.24, 2.45) is 17.6 Å². The number of fused-ring (bicyclic) bond motifs is 3. The van der Waals surface area contributed by atoms with Crippen LogP contribution < -0.4 is 15.8 Å². The fourth-order valence-corrected chi connectivity index (χ4v) is 6.80. The van der Waals surface area contributed by atoms with Crippen LogP contribution in [0.25, 0.3) is 5.76 Å². The van der Waals surface area contributed by atoms with Gasteiger partial charge in [0.2, 0.25) is 5.78 Å². The summed E-state index contributed by atoms with van der Waals surface area (Å²) in [5.74, 6) is -11.2. The van der Waals surface area contributed by atoms with Crippen molar-refractivity contribution in [1.82, 2.24) is 4.90 Å². The van der Waals surface area contributed by atoms with Crippen LogP contribution in [0.3, 0.4) is 0 Å². The van der Waals surface area contributed by atoms with Gasteiger partial charge in [-0.05, 0) is 44.3 Å². The van der Waals surface area contributed by atoms with Crippen LogP contribution in [-0.2, 0) is 20.8 Å². The number of amides is 2. The van der Waals surface area contributed by atoms with Crippen LogP contribution in [0, 0.1) is 11.8 Å². The predicted molar refractivity (Wildman–Crippen MR) is 143 cm³/mol. The number of aliphatic hydroxyl groups is 3. The molecule has 228 valence electrons. The molecule has 5 rings (SSSR count). The second kappa shape index (κ2) is 10.1. The molecular formula is C27H24F3N3O9S. The third-order valence-corrected chi connectivity index (χ3v) is 8.77. The lowest BCUT2D eigenvalue weighted by Crippen LogP contribution is -2.65. The molecule has 1 aromatic heterocycles. The Morgan fingerprint density at radius 1 is 1.21 bits per heavy atom. The Morgan fingerprint density at radius 3 is 2.44 bits per heavy atom. The van der Waals surface area contributed by atoms with E-state index in [9.17, 15) is 52.8 Å². The van der Waals surface area contributed by atoms with Gasteiger partial charge in [-0.1, -0.05) is 6.07 Å². The van der Waals surface area contributed by atoms with Crippen molar-refractivity contribution in [2.75, 3.05) is 19.4 Å². The number of halogens is 3. The van der Waals surface area contributed by atoms with E-state index in [1.165, 1.54) is 25.1 Å². The van der Waals surface area contributed by atoms with Crippen LogP contribution in [0.4, 0.5) is 18.9 Å². The number of nitrogens with zero attached hydrogens (tertiary/aromatic N) is 1. The lowest BCUT2D eigenvalue weighted by Gasteiger charge is -2.50. The number of anilines is 1. The van der Waals surface area contributed by atoms with E-state index in [1.807, 2.05) is 0 Å². The van der Waals surface area contributed by atoms with E-state index in [0.29, 0.717) is 0 Å². The van der Waals surface area contributed by atoms with Crippen LogP contribution in [0.5, 0.6) is 11.5 Å². The zero-order valence-electron chi connectivity index (χ0n) is 22.4. The molecular weight excluding hydrogens is 599 g/mol. The fraction of sp³-hybridized carbons (Fsp3) is 0.333. The van der Waals surface area contributed by atoms with Gasteiger partial charge >= 0.3 is 6.36 Å². The number of hydrogen-bond donors (Lipinski definition) is 6. The first-order chi connectivity index (χ1) is 20.0. The molecule has 12 nitrogen and oxygen atoms in total. The van der Waals surface area contributed by atoms with Crippen molar-refractivity contribution in [1.29, 1.82) is 0 Å². The fourth-order valence-electron chi connectivity index (χ4n) is 6.18. The standard InChI is InChI=1S/C27H24F3N3O9S/c1-33(2)18-11-7-9-6-10-13(42-27(28,29)30)8-12(32-25(40)14-4-3-5-43-14)19(34)16(10)20(35)15(9)22(37)26(11,41)23(38)17(21(18)36)24(31)39/h3-5,8-9,11,18,34-35,38,41H,6-7H2,1-2H3,(H2,31,39)(H,32,40)/t9-,11-,18-,26-/m0/s1. The number of phenols is 1. The van der Waals surface area contributed by atoms with Gasteiger partial charge in [-0.3, -0.25) is 24.1 Å². The third-order valence-electron chi connectivity index (χ3n) is 7.90. The maximum Gasteiger partial charge on any atom is 0.573 e. The molecule has 1 fully saturated rings. The number of ether oxygens (including phenoxy) is 1. The molecule has 0 spiro atoms. The Balaban J connectivity index is 1.72. The molecule has 0 unspecified atom stereocenters. The summed E-state index contributed by atoms with van der Waals surface area (Å²) in [5.41, 5.74) is -0.874. The number of aliphatic hydroxyl groups excluding tert-OH is 2. The summed E-state index contributed by atoms with van der Waals surface area (Å²) in [5, 5.41) is 48.8. The van der Waals surface area contributed by atoms with Crippen molar-refractivity contribution in [2.45, 2.75) is 30.8 Å². The average Bonchev–Trinajstić information content (AvgIpc) is 3.43. The number of ketones is 2. The number of nitrogens with two attached hydrogens (primary N) is 1. The van der Waals surface area contributed by atoms with E-state index in [2.05, 4.69) is 10.1 Å². The van der Waals surface area contributed by atoms with Gasteiger partial charge in [0, 0.05) is 23.1 Å². The molecule has 16 heteroatoms. The van der Waals surface area contributed by atoms with Crippen molar-refractivity contribution in [3.63, 3.8) is 0 Å². The summed E-state index contributed by atoms with van der Waals surface area (Å²) < 4.78 is 44.6. The third kappa shape index (κ3) is 4.61. The molecule has 1 heterocycles. The van der Waals surface area contributed by atoms with E-state index in [0.717, 1.165) is 17.4 Å². The van der Waals surface area contributed by atoms with Gasteiger partial charge in [-0.15, -0.1) is 24.5 Å². The molecule has 3 aliphatic carbocycles. The maximum atomic E-state index is 13.9. The number of nitrogens with one attached hydrogen (secondary N) is 1. The highest BCUT2D eigenvalue weighted by molar-refractivity contribution is 7.12. The highest BCUT2D eigenvalue weighted by Crippen LogP contribution is 2.55. The quantitative estimate of drug-likeness (QED) is 0.212. The summed E-state index contributed by atoms with van der Waals surface area (Å²) in [6.07, 6.45) is -6.03. The molecule has 2 amide bonds. The lowest BCUT2D eigenvalue weighted by atomic mass is 9.57. The number of carbonyl (C=O) groups excluding carboxylic acids is 4. The minimum Gasteiger partial charge on any atom is -0.508 e. The normalized spacial score (nSPS) is 25.3. The Bertz CT molecular complexity index is 1650. The van der Waals surface area contributed by atoms with Crippen LogP contribution in [0.1, 0.15) is 27.2 Å². The molecule has 2 aromatic rings. The van der Waals surface area contributed by atoms with Crippen LogP contribution in [-0.4, -0.2) is 80.8 Å². The number of carbonyl (C=O) groups is 4. The van der Waals surface area contributed by atoms with Crippen molar-refractivity contribution in [3.8, 4) is 11.5 Å². The predicted octanol–water partition coefficient (Wildman–Crippen LogP) is 2.18. The number of rotatable bonds is 5. The van der Waals surface area contributed by atoms with Gasteiger partial charge in [-0.2, -0.15) is 0 Å². The van der Waals surface area contributed by atoms with E-state index < -0.39 is 105 Å². The number of hydrogen-bond acceptors (Lipinski definition) is 11. The largest absolute Gasteiger partial charge is 0.573 e. The summed E-state index contributed by atoms with van der Waals surface area (Å²) in [6.45, 7) is 0. The maximum absolute atomic E-state index is 13.9. The second-order valence-corrected chi connectivity index (χ2v) is 11.5. The molecule has 43 heavy (non-hydrogen) atoms. The molecule has 7 N–H and O–H groups in total. The Hall–Kier alpha value is -4.41. The summed E-state index contributed by atoms with van der Waals surface area (Å²) in [4.78, 5) is 53.3. The first-order valence-corrected chi connectivity index (χ1v) is 13.5. The van der Waals surface area contributed by atoms with Crippen LogP contribution >= 0.6 is 11.3 Å². The first kappa shape index (κ1) is 30.1. The minimum atomic E-state index is -5.24. The van der Waals surface area contributed by atoms with Gasteiger partial charge in [0.25, 0.3) is 11.8 Å². The SMILES string of the molecule is CN(C)[C@@H]1C(=O)C(C(N)=O)=C(O)[C@@]2(O)C(=O)C3=C(O)c4c(O)c(NC(=O)c5cccs5)cc(OC(F)(F)F)c4C[C@H]3C[C@@H]12. The average molecular weight is 624 g/mol. The van der Waals surface area contributed by atoms with Crippen molar-refractivity contribution in [3.05, 3.63) is 56.5 Å². The molecule has 1 aromatic carbocycles. The molecule has 0 bridgehead atoms. The number of thiophene rings is 1. The number of aromatic hydroxyl groups is 1. The monoisotopic (exact) mass is 623 g/mol. The zero-order chi connectivity index (χ0) is 31.8. The molecule has 0 aliphatic heterocycles. The Kier molecular flexibility index (Phi) is 7.06. The summed E-state index contributed by atoms with van der Waals surface area (Å²) >= 11 is 1.01. The van der Waals surface area contributed by atoms with Crippen LogP contribution in [0.15, 0.2) is 40.5 Å². The Morgan fingerprint density at radius 2 is 1.88 bits per heavy atom. The molecule has 0 radical (unpaired) electrons. The number of likely N-dealkylation sites (N-methyl/N-ethyl adjacent to an activating group) is 1. The topological polar surface area (TPSA) is 200 Å². The lowest BCUT2D eigenvalue weighted by molar-refractivity contribution is -0.275. The van der Waals surface area contributed by atoms with E-state index in [4.69, 9.17) is 5.73 Å². The first-order valence-electron chi connectivity index (χ1n) is 12.6. The van der Waals surface area contributed by atoms with E-state index in [-0.39, 0.29) is 16.9 Å². The molecule has 3 aliphatic rings. The van der Waals surface area contributed by atoms with Crippen molar-refractivity contribution < 1.29 is 57.5 Å². The molecule has 4 atom stereocenters. The summed E-state index contributed by atoms with van der Waals surface area (Å²) in [7, 11) is 2.82. The van der Waals surface area contributed by atoms with E-state index in [1.54, 1.807) is 11.4 Å². The number of benzene rings is 1. The highest BCUT2D eigenvalue weighted by atomic mass is 32.1. The molecule has 1 saturated carbocycles. The molecule has 0 saturated heterocycles. The van der Waals surface area contributed by atoms with Gasteiger partial charge in [0.05, 0.1) is 22.2 Å². The minimum absolute atomic E-state index is 0.142. The van der Waals surface area contributed by atoms with Crippen molar-refractivity contribution >= 4 is 46.2 Å². The number of primary amides is 1. The van der Waals surface area contributed by atoms with Gasteiger partial charge < -0.3 is 36.2 Å². The summed E-state index contributed by atoms with van der Waals surface area (Å²) in [6, 6.07) is 2.32. The van der Waals surface area contributed by atoms with Gasteiger partial charge in [0.15, 0.2) is 17.1 Å². The van der Waals surface area contributed by atoms with E-state index >= 15 is 0 Å². The number of Topliss-reactive ketones (excluding diaryl/α,β-unsaturated/α-hetero) is 2. The number of phenolic OH excluding ortho intramolecular Hbond substituents is 1. The highest BCUT2D eigenvalue weighted by Gasteiger charge is 2.64. The Labute approximate surface area is 244 Å². The van der Waals surface area contributed by atoms with Gasteiger partial charge in [0.1, 0.15) is 22.8 Å². The zero-order valence-corrected chi connectivity index (χ0v) is 23.2.